The van der Waals surface area contributed by atoms with Gasteiger partial charge in [-0.3, -0.25) is 0 Å². The summed E-state index contributed by atoms with van der Waals surface area (Å²) in [5.41, 5.74) is -1.96. The molecule has 0 unspecified atom stereocenters. The Morgan fingerprint density at radius 2 is 1.64 bits per heavy atom. The van der Waals surface area contributed by atoms with Crippen LogP contribution in [0.2, 0.25) is 0 Å². The van der Waals surface area contributed by atoms with Crippen LogP contribution in [0.15, 0.2) is 54.7 Å². The first kappa shape index (κ1) is 19.8. The molecule has 0 aliphatic rings. The van der Waals surface area contributed by atoms with Crippen molar-refractivity contribution in [2.75, 3.05) is 0 Å². The molecule has 28 heavy (non-hydrogen) atoms. The van der Waals surface area contributed by atoms with Gasteiger partial charge in [-0.05, 0) is 25.5 Å². The van der Waals surface area contributed by atoms with Crippen molar-refractivity contribution in [3.05, 3.63) is 65.9 Å². The highest BCUT2D eigenvalue weighted by Crippen LogP contribution is 2.34. The molecule has 0 radical (unpaired) electrons. The van der Waals surface area contributed by atoms with Crippen molar-refractivity contribution >= 4 is 10.1 Å². The van der Waals surface area contributed by atoms with E-state index in [1.54, 1.807) is 30.3 Å². The average Bonchev–Trinajstić information content (AvgIpc) is 2.63. The van der Waals surface area contributed by atoms with E-state index >= 15 is 0 Å². The highest BCUT2D eigenvalue weighted by Gasteiger charge is 2.49. The highest BCUT2D eigenvalue weighted by molar-refractivity contribution is 7.87. The molecule has 5 nitrogen and oxygen atoms in total. The fraction of sp³-hybridized carbons (Fsp3) is 0.158. The first-order valence-corrected chi connectivity index (χ1v) is 9.50. The van der Waals surface area contributed by atoms with Crippen molar-refractivity contribution in [2.24, 2.45) is 0 Å². The average molecular weight is 408 g/mol. The summed E-state index contributed by atoms with van der Waals surface area (Å²) in [6.45, 7) is 3.66. The first-order valence-electron chi connectivity index (χ1n) is 8.09. The number of nitrogens with zero attached hydrogens (tertiary/aromatic N) is 2. The van der Waals surface area contributed by atoms with Gasteiger partial charge in [-0.25, -0.2) is 9.97 Å². The smallest absolute Gasteiger partial charge is 0.354 e. The molecule has 9 heteroatoms. The molecule has 0 bridgehead atoms. The molecule has 3 aromatic rings. The molecule has 0 saturated heterocycles. The zero-order valence-corrected chi connectivity index (χ0v) is 15.7. The molecule has 0 atom stereocenters. The lowest BCUT2D eigenvalue weighted by Gasteiger charge is -2.14. The monoisotopic (exact) mass is 408 g/mol. The Bertz CT molecular complexity index is 1120. The number of halogens is 3. The summed E-state index contributed by atoms with van der Waals surface area (Å²) in [5.74, 6) is -0.757. The van der Waals surface area contributed by atoms with Crippen molar-refractivity contribution in [3.8, 4) is 28.4 Å². The summed E-state index contributed by atoms with van der Waals surface area (Å²) in [6.07, 6.45) is 0.861. The van der Waals surface area contributed by atoms with E-state index in [-0.39, 0.29) is 5.69 Å². The predicted octanol–water partition coefficient (Wildman–Crippen LogP) is 4.66. The standard InChI is InChI=1S/C19H15F3N2O3S/c1-12-8-9-13(2)15(10-12)18-17(14-6-4-3-5-7-14)23-11-16(24-18)27-28(25,26)19(20,21)22/h3-11H,1-2H3. The molecular weight excluding hydrogens is 393 g/mol. The van der Waals surface area contributed by atoms with Crippen LogP contribution in [-0.2, 0) is 10.1 Å². The fourth-order valence-corrected chi connectivity index (χ4v) is 2.96. The van der Waals surface area contributed by atoms with Gasteiger partial charge in [0.05, 0.1) is 11.9 Å². The fourth-order valence-electron chi connectivity index (χ4n) is 2.56. The lowest BCUT2D eigenvalue weighted by atomic mass is 9.98. The molecule has 1 heterocycles. The van der Waals surface area contributed by atoms with Gasteiger partial charge in [-0.15, -0.1) is 0 Å². The Morgan fingerprint density at radius 1 is 0.964 bits per heavy atom. The molecule has 0 aliphatic carbocycles. The van der Waals surface area contributed by atoms with Gasteiger partial charge in [0.1, 0.15) is 5.69 Å². The van der Waals surface area contributed by atoms with Gasteiger partial charge in [0.2, 0.25) is 0 Å². The minimum atomic E-state index is -5.85. The Kier molecular flexibility index (Phi) is 5.12. The second kappa shape index (κ2) is 7.23. The van der Waals surface area contributed by atoms with Gasteiger partial charge < -0.3 is 4.18 Å². The van der Waals surface area contributed by atoms with E-state index in [9.17, 15) is 21.6 Å². The highest BCUT2D eigenvalue weighted by atomic mass is 32.2. The zero-order chi connectivity index (χ0) is 20.5. The summed E-state index contributed by atoms with van der Waals surface area (Å²) >= 11 is 0. The summed E-state index contributed by atoms with van der Waals surface area (Å²) in [4.78, 5) is 8.20. The van der Waals surface area contributed by atoms with Crippen LogP contribution in [0.4, 0.5) is 13.2 Å². The SMILES string of the molecule is Cc1ccc(C)c(-c2nc(OS(=O)(=O)C(F)(F)F)cnc2-c2ccccc2)c1. The molecule has 0 saturated carbocycles. The summed E-state index contributed by atoms with van der Waals surface area (Å²) in [6, 6.07) is 14.4. The van der Waals surface area contributed by atoms with Crippen LogP contribution in [0.5, 0.6) is 5.88 Å². The Morgan fingerprint density at radius 3 is 2.29 bits per heavy atom. The second-order valence-electron chi connectivity index (χ2n) is 6.07. The van der Waals surface area contributed by atoms with Gasteiger partial charge >= 0.3 is 15.6 Å². The topological polar surface area (TPSA) is 69.2 Å². The predicted molar refractivity (Wildman–Crippen MR) is 98.0 cm³/mol. The van der Waals surface area contributed by atoms with Crippen LogP contribution >= 0.6 is 0 Å². The third-order valence-electron chi connectivity index (χ3n) is 3.92. The number of hydrogen-bond acceptors (Lipinski definition) is 5. The normalized spacial score (nSPS) is 12.0. The summed E-state index contributed by atoms with van der Waals surface area (Å²) < 4.78 is 64.8. The van der Waals surface area contributed by atoms with E-state index in [4.69, 9.17) is 0 Å². The molecule has 146 valence electrons. The molecular formula is C19H15F3N2O3S. The van der Waals surface area contributed by atoms with Crippen molar-refractivity contribution < 1.29 is 25.8 Å². The van der Waals surface area contributed by atoms with Crippen molar-refractivity contribution in [1.82, 2.24) is 9.97 Å². The number of rotatable bonds is 4. The van der Waals surface area contributed by atoms with Gasteiger partial charge in [-0.2, -0.15) is 21.6 Å². The van der Waals surface area contributed by atoms with Crippen LogP contribution in [-0.4, -0.2) is 23.9 Å². The quantitative estimate of drug-likeness (QED) is 0.464. The number of benzene rings is 2. The van der Waals surface area contributed by atoms with Crippen LogP contribution in [0, 0.1) is 13.8 Å². The maximum atomic E-state index is 12.6. The number of aryl methyl sites for hydroxylation is 2. The molecule has 0 N–H and O–H groups in total. The van der Waals surface area contributed by atoms with Crippen molar-refractivity contribution in [3.63, 3.8) is 0 Å². The lowest BCUT2D eigenvalue weighted by Crippen LogP contribution is -2.28. The van der Waals surface area contributed by atoms with E-state index < -0.39 is 21.5 Å². The molecule has 3 rings (SSSR count). The van der Waals surface area contributed by atoms with E-state index in [1.165, 1.54) is 0 Å². The van der Waals surface area contributed by atoms with Crippen LogP contribution < -0.4 is 4.18 Å². The first-order chi connectivity index (χ1) is 13.1. The number of alkyl halides is 3. The van der Waals surface area contributed by atoms with Crippen LogP contribution in [0.25, 0.3) is 22.5 Å². The molecule has 0 spiro atoms. The Labute approximate surface area is 160 Å². The number of aromatic nitrogens is 2. The molecule has 0 aliphatic heterocycles. The minimum Gasteiger partial charge on any atom is -0.354 e. The molecule has 0 fully saturated rings. The molecule has 2 aromatic carbocycles. The maximum Gasteiger partial charge on any atom is 0.534 e. The molecule has 0 amide bonds. The van der Waals surface area contributed by atoms with E-state index in [0.717, 1.165) is 17.3 Å². The van der Waals surface area contributed by atoms with E-state index in [0.29, 0.717) is 16.8 Å². The maximum absolute atomic E-state index is 12.6. The van der Waals surface area contributed by atoms with Gasteiger partial charge in [-0.1, -0.05) is 48.0 Å². The molecule has 1 aromatic heterocycles. The largest absolute Gasteiger partial charge is 0.534 e. The lowest BCUT2D eigenvalue weighted by molar-refractivity contribution is -0.0501. The van der Waals surface area contributed by atoms with E-state index in [1.807, 2.05) is 32.0 Å². The third kappa shape index (κ3) is 3.99. The summed E-state index contributed by atoms with van der Waals surface area (Å²) in [7, 11) is -5.85. The van der Waals surface area contributed by atoms with Crippen LogP contribution in [0.3, 0.4) is 0 Å². The Hall–Kier alpha value is -2.94. The second-order valence-corrected chi connectivity index (χ2v) is 7.61. The van der Waals surface area contributed by atoms with Crippen molar-refractivity contribution in [1.29, 1.82) is 0 Å². The van der Waals surface area contributed by atoms with Crippen molar-refractivity contribution in [2.45, 2.75) is 19.4 Å². The summed E-state index contributed by atoms with van der Waals surface area (Å²) in [5, 5.41) is 0. The van der Waals surface area contributed by atoms with E-state index in [2.05, 4.69) is 14.2 Å². The Balaban J connectivity index is 2.20. The number of hydrogen-bond donors (Lipinski definition) is 0. The van der Waals surface area contributed by atoms with Gasteiger partial charge in [0, 0.05) is 11.1 Å². The third-order valence-corrected chi connectivity index (χ3v) is 4.88. The van der Waals surface area contributed by atoms with Gasteiger partial charge in [0.15, 0.2) is 0 Å². The minimum absolute atomic E-state index is 0.224. The van der Waals surface area contributed by atoms with Gasteiger partial charge in [0.25, 0.3) is 5.88 Å². The zero-order valence-electron chi connectivity index (χ0n) is 14.9. The van der Waals surface area contributed by atoms with Crippen LogP contribution in [0.1, 0.15) is 11.1 Å².